The minimum absolute atomic E-state index is 0.188. The van der Waals surface area contributed by atoms with Crippen LogP contribution in [0.2, 0.25) is 0 Å². The molecule has 4 aromatic rings. The van der Waals surface area contributed by atoms with Crippen molar-refractivity contribution in [2.24, 2.45) is 0 Å². The Labute approximate surface area is 172 Å². The van der Waals surface area contributed by atoms with Gasteiger partial charge in [0.1, 0.15) is 4.90 Å². The molecule has 0 saturated carbocycles. The Bertz CT molecular complexity index is 1500. The van der Waals surface area contributed by atoms with Crippen LogP contribution in [0.1, 0.15) is 0 Å². The largest absolute Gasteiger partial charge is 0.300 e. The minimum atomic E-state index is -4.38. The normalized spacial score (nSPS) is 12.2. The van der Waals surface area contributed by atoms with Gasteiger partial charge in [0.05, 0.1) is 16.3 Å². The van der Waals surface area contributed by atoms with Gasteiger partial charge < -0.3 is 10.9 Å². The van der Waals surface area contributed by atoms with Crippen LogP contribution in [0.3, 0.4) is 0 Å². The molecule has 0 aromatic heterocycles. The van der Waals surface area contributed by atoms with E-state index in [1.807, 2.05) is 0 Å². The van der Waals surface area contributed by atoms with Gasteiger partial charge in [-0.1, -0.05) is 42.5 Å². The summed E-state index contributed by atoms with van der Waals surface area (Å²) in [6.45, 7) is 0. The second kappa shape index (κ2) is 7.26. The SMILES string of the molecule is O=S(=O)(O)c1ccc2c(NNc3ccc(S(=O)(=O)O)c4ccccc34)cccc2c1. The average molecular weight is 444 g/mol. The topological polar surface area (TPSA) is 133 Å². The highest BCUT2D eigenvalue weighted by Crippen LogP contribution is 2.31. The standard InChI is InChI=1S/C20H16N2O6S2/c23-29(24,25)14-8-9-15-13(12-14)4-3-7-18(15)21-22-19-10-11-20(30(26,27)28)17-6-2-1-5-16(17)19/h1-12,21-22H,(H,23,24,25)(H,26,27,28). The molecular formula is C20H16N2O6S2. The van der Waals surface area contributed by atoms with Crippen molar-refractivity contribution in [2.75, 3.05) is 10.9 Å². The minimum Gasteiger partial charge on any atom is -0.300 e. The van der Waals surface area contributed by atoms with E-state index in [0.29, 0.717) is 32.9 Å². The maximum Gasteiger partial charge on any atom is 0.295 e. The lowest BCUT2D eigenvalue weighted by Crippen LogP contribution is -2.10. The van der Waals surface area contributed by atoms with E-state index in [2.05, 4.69) is 10.9 Å². The maximum absolute atomic E-state index is 11.6. The van der Waals surface area contributed by atoms with Gasteiger partial charge in [-0.2, -0.15) is 16.8 Å². The summed E-state index contributed by atoms with van der Waals surface area (Å²) in [5.41, 5.74) is 7.27. The molecule has 4 rings (SSSR count). The smallest absolute Gasteiger partial charge is 0.295 e. The van der Waals surface area contributed by atoms with E-state index in [1.165, 1.54) is 24.3 Å². The van der Waals surface area contributed by atoms with Crippen molar-refractivity contribution in [1.29, 1.82) is 0 Å². The first-order valence-electron chi connectivity index (χ1n) is 8.66. The molecule has 0 heterocycles. The molecule has 0 aliphatic carbocycles. The zero-order valence-corrected chi connectivity index (χ0v) is 16.9. The van der Waals surface area contributed by atoms with E-state index in [0.717, 1.165) is 0 Å². The number of anilines is 2. The highest BCUT2D eigenvalue weighted by atomic mass is 32.2. The van der Waals surface area contributed by atoms with E-state index < -0.39 is 20.2 Å². The van der Waals surface area contributed by atoms with Crippen LogP contribution < -0.4 is 10.9 Å². The average Bonchev–Trinajstić information content (AvgIpc) is 2.70. The van der Waals surface area contributed by atoms with Crippen LogP contribution in [-0.4, -0.2) is 25.9 Å². The quantitative estimate of drug-likeness (QED) is 0.269. The first-order chi connectivity index (χ1) is 14.1. The van der Waals surface area contributed by atoms with Gasteiger partial charge in [-0.15, -0.1) is 0 Å². The van der Waals surface area contributed by atoms with E-state index in [1.54, 1.807) is 48.5 Å². The van der Waals surface area contributed by atoms with E-state index >= 15 is 0 Å². The van der Waals surface area contributed by atoms with Gasteiger partial charge in [0.15, 0.2) is 0 Å². The van der Waals surface area contributed by atoms with E-state index in [9.17, 15) is 25.9 Å². The molecule has 0 unspecified atom stereocenters. The Morgan fingerprint density at radius 2 is 1.27 bits per heavy atom. The fourth-order valence-corrected chi connectivity index (χ4v) is 4.48. The summed E-state index contributed by atoms with van der Waals surface area (Å²) in [6, 6.07) is 19.0. The number of fused-ring (bicyclic) bond motifs is 2. The van der Waals surface area contributed by atoms with E-state index in [-0.39, 0.29) is 9.79 Å². The first-order valence-corrected chi connectivity index (χ1v) is 11.5. The van der Waals surface area contributed by atoms with Crippen LogP contribution in [-0.2, 0) is 20.2 Å². The third kappa shape index (κ3) is 3.81. The molecule has 4 N–H and O–H groups in total. The Balaban J connectivity index is 1.72. The molecule has 30 heavy (non-hydrogen) atoms. The highest BCUT2D eigenvalue weighted by molar-refractivity contribution is 7.86. The van der Waals surface area contributed by atoms with Crippen LogP contribution in [0, 0.1) is 0 Å². The molecule has 0 aliphatic rings. The molecule has 0 aliphatic heterocycles. The molecule has 0 bridgehead atoms. The summed E-state index contributed by atoms with van der Waals surface area (Å²) in [4.78, 5) is -0.390. The van der Waals surface area contributed by atoms with Crippen LogP contribution in [0.5, 0.6) is 0 Å². The highest BCUT2D eigenvalue weighted by Gasteiger charge is 2.16. The van der Waals surface area contributed by atoms with Crippen molar-refractivity contribution >= 4 is 53.2 Å². The second-order valence-electron chi connectivity index (χ2n) is 6.55. The third-order valence-electron chi connectivity index (χ3n) is 4.64. The Morgan fingerprint density at radius 3 is 1.93 bits per heavy atom. The predicted octanol–water partition coefficient (Wildman–Crippen LogP) is 3.93. The summed E-state index contributed by atoms with van der Waals surface area (Å²) in [7, 11) is -8.68. The number of hydrogen-bond acceptors (Lipinski definition) is 6. The van der Waals surface area contributed by atoms with Gasteiger partial charge >= 0.3 is 0 Å². The van der Waals surface area contributed by atoms with Gasteiger partial charge in [0, 0.05) is 16.2 Å². The number of benzene rings is 4. The lowest BCUT2D eigenvalue weighted by Gasteiger charge is -2.15. The van der Waals surface area contributed by atoms with Crippen LogP contribution in [0.4, 0.5) is 11.4 Å². The van der Waals surface area contributed by atoms with Gasteiger partial charge in [-0.05, 0) is 35.7 Å². The molecule has 4 aromatic carbocycles. The lowest BCUT2D eigenvalue weighted by molar-refractivity contribution is 0.481. The molecule has 8 nitrogen and oxygen atoms in total. The number of nitrogens with one attached hydrogen (secondary N) is 2. The van der Waals surface area contributed by atoms with Crippen molar-refractivity contribution in [1.82, 2.24) is 0 Å². The van der Waals surface area contributed by atoms with Gasteiger partial charge in [0.25, 0.3) is 20.2 Å². The second-order valence-corrected chi connectivity index (χ2v) is 9.36. The third-order valence-corrected chi connectivity index (χ3v) is 6.41. The molecule has 0 spiro atoms. The fourth-order valence-electron chi connectivity index (χ4n) is 3.27. The van der Waals surface area contributed by atoms with Gasteiger partial charge in [-0.3, -0.25) is 9.11 Å². The van der Waals surface area contributed by atoms with Gasteiger partial charge in [0.2, 0.25) is 0 Å². The van der Waals surface area contributed by atoms with Crippen molar-refractivity contribution in [3.8, 4) is 0 Å². The summed E-state index contributed by atoms with van der Waals surface area (Å²) in [5.74, 6) is 0. The molecule has 0 amide bonds. The van der Waals surface area contributed by atoms with Crippen LogP contribution in [0.25, 0.3) is 21.5 Å². The van der Waals surface area contributed by atoms with Crippen LogP contribution in [0.15, 0.2) is 82.6 Å². The Kier molecular flexibility index (Phi) is 4.86. The zero-order chi connectivity index (χ0) is 21.5. The fraction of sp³-hybridized carbons (Fsp3) is 0. The number of rotatable bonds is 5. The maximum atomic E-state index is 11.6. The van der Waals surface area contributed by atoms with Crippen molar-refractivity contribution in [3.05, 3.63) is 72.8 Å². The molecule has 0 radical (unpaired) electrons. The monoisotopic (exact) mass is 444 g/mol. The Hall–Kier alpha value is -3.18. The Morgan fingerprint density at radius 1 is 0.600 bits per heavy atom. The first kappa shape index (κ1) is 20.1. The number of hydrogen-bond donors (Lipinski definition) is 4. The summed E-state index contributed by atoms with van der Waals surface area (Å²) < 4.78 is 64.7. The summed E-state index contributed by atoms with van der Waals surface area (Å²) >= 11 is 0. The molecule has 154 valence electrons. The molecule has 0 saturated heterocycles. The molecule has 10 heteroatoms. The predicted molar refractivity (Wildman–Crippen MR) is 115 cm³/mol. The molecule has 0 fully saturated rings. The lowest BCUT2D eigenvalue weighted by atomic mass is 10.1. The summed E-state index contributed by atoms with van der Waals surface area (Å²) in [5, 5.41) is 2.25. The van der Waals surface area contributed by atoms with Crippen molar-refractivity contribution in [2.45, 2.75) is 9.79 Å². The van der Waals surface area contributed by atoms with Crippen LogP contribution >= 0.6 is 0 Å². The zero-order valence-electron chi connectivity index (χ0n) is 15.3. The molecular weight excluding hydrogens is 428 g/mol. The van der Waals surface area contributed by atoms with Gasteiger partial charge in [-0.25, -0.2) is 0 Å². The van der Waals surface area contributed by atoms with E-state index in [4.69, 9.17) is 0 Å². The van der Waals surface area contributed by atoms with Crippen molar-refractivity contribution in [3.63, 3.8) is 0 Å². The van der Waals surface area contributed by atoms with Crippen molar-refractivity contribution < 1.29 is 25.9 Å². The summed E-state index contributed by atoms with van der Waals surface area (Å²) in [6.07, 6.45) is 0. The molecule has 0 atom stereocenters. The number of hydrazine groups is 1.